The Balaban J connectivity index is 0.00000274. The molecule has 0 radical (unpaired) electrons. The van der Waals surface area contributed by atoms with Crippen LogP contribution in [0.25, 0.3) is 0 Å². The second kappa shape index (κ2) is 9.63. The van der Waals surface area contributed by atoms with Crippen LogP contribution in [0.5, 0.6) is 0 Å². The maximum Gasteiger partial charge on any atom is 0.269 e. The number of H-pyrrole nitrogens is 1. The zero-order chi connectivity index (χ0) is 23.1. The molecule has 5 rings (SSSR count). The number of rotatable bonds is 7. The van der Waals surface area contributed by atoms with Crippen molar-refractivity contribution in [3.63, 3.8) is 0 Å². The second-order valence-electron chi connectivity index (χ2n) is 8.24. The van der Waals surface area contributed by atoms with Crippen LogP contribution in [0.1, 0.15) is 75.4 Å². The number of nitrogens with zero attached hydrogens (tertiary/aromatic N) is 3. The molecule has 0 unspecified atom stereocenters. The van der Waals surface area contributed by atoms with Crippen molar-refractivity contribution in [1.82, 2.24) is 25.5 Å². The van der Waals surface area contributed by atoms with Crippen LogP contribution in [0.2, 0.25) is 5.02 Å². The number of carbonyl (C=O) groups is 2. The average Bonchev–Trinajstić information content (AvgIpc) is 3.72. The standard InChI is InChI=1S/C22H19ClF2N6O2.ClH/c23-14-6-16(25)15(24)5-13(14)21(32)28-18-7-17(30-31-18)22(33)27-9-12-8-26-20(11-3-4-11)29-19(12)10-1-2-10;/h5-8,10-11H,1-4,9H2,(H,27,33)(H2,28,30,31,32);1H. The van der Waals surface area contributed by atoms with Gasteiger partial charge in [0.2, 0.25) is 0 Å². The summed E-state index contributed by atoms with van der Waals surface area (Å²) in [6.45, 7) is 0.265. The van der Waals surface area contributed by atoms with Gasteiger partial charge in [0.05, 0.1) is 16.3 Å². The van der Waals surface area contributed by atoms with Gasteiger partial charge in [-0.25, -0.2) is 18.7 Å². The molecule has 0 spiro atoms. The quantitative estimate of drug-likeness (QED) is 0.407. The molecule has 8 nitrogen and oxygen atoms in total. The van der Waals surface area contributed by atoms with E-state index in [1.54, 1.807) is 6.20 Å². The molecule has 178 valence electrons. The predicted octanol–water partition coefficient (Wildman–Crippen LogP) is 4.49. The maximum atomic E-state index is 13.4. The number of nitrogens with one attached hydrogen (secondary N) is 3. The van der Waals surface area contributed by atoms with Crippen LogP contribution in [-0.4, -0.2) is 32.0 Å². The Kier molecular flexibility index (Phi) is 6.81. The molecule has 2 aliphatic carbocycles. The van der Waals surface area contributed by atoms with Crippen molar-refractivity contribution < 1.29 is 18.4 Å². The first-order valence-corrected chi connectivity index (χ1v) is 10.9. The highest BCUT2D eigenvalue weighted by atomic mass is 35.5. The number of aromatic amines is 1. The largest absolute Gasteiger partial charge is 0.347 e. The fourth-order valence-corrected chi connectivity index (χ4v) is 3.71. The Labute approximate surface area is 204 Å². The molecule has 0 bridgehead atoms. The molecular formula is C22H20Cl2F2N6O2. The van der Waals surface area contributed by atoms with Gasteiger partial charge in [-0.2, -0.15) is 5.10 Å². The SMILES string of the molecule is Cl.O=C(NCc1cnc(C2CC2)nc1C1CC1)c1cc(NC(=O)c2cc(F)c(F)cc2Cl)n[nH]1. The first kappa shape index (κ1) is 24.0. The van der Waals surface area contributed by atoms with Crippen molar-refractivity contribution in [2.24, 2.45) is 0 Å². The van der Waals surface area contributed by atoms with Gasteiger partial charge in [-0.3, -0.25) is 14.7 Å². The third kappa shape index (κ3) is 5.18. The van der Waals surface area contributed by atoms with Crippen molar-refractivity contribution in [3.05, 3.63) is 69.4 Å². The summed E-state index contributed by atoms with van der Waals surface area (Å²) < 4.78 is 26.6. The fraction of sp³-hybridized carbons (Fsp3) is 0.318. The van der Waals surface area contributed by atoms with E-state index >= 15 is 0 Å². The number of benzene rings is 1. The minimum absolute atomic E-state index is 0. The molecule has 2 aromatic heterocycles. The highest BCUT2D eigenvalue weighted by molar-refractivity contribution is 6.34. The second-order valence-corrected chi connectivity index (χ2v) is 8.64. The minimum Gasteiger partial charge on any atom is -0.347 e. The summed E-state index contributed by atoms with van der Waals surface area (Å²) in [6.07, 6.45) is 6.22. The molecule has 1 aromatic carbocycles. The number of amides is 2. The van der Waals surface area contributed by atoms with Gasteiger partial charge < -0.3 is 10.6 Å². The third-order valence-corrected chi connectivity index (χ3v) is 5.89. The van der Waals surface area contributed by atoms with Crippen molar-refractivity contribution in [2.45, 2.75) is 44.1 Å². The molecule has 0 aliphatic heterocycles. The highest BCUT2D eigenvalue weighted by Gasteiger charge is 2.32. The van der Waals surface area contributed by atoms with Crippen molar-refractivity contribution in [3.8, 4) is 0 Å². The van der Waals surface area contributed by atoms with Crippen molar-refractivity contribution in [2.75, 3.05) is 5.32 Å². The molecule has 2 aliphatic rings. The number of aromatic nitrogens is 4. The fourth-order valence-electron chi connectivity index (χ4n) is 3.47. The van der Waals surface area contributed by atoms with E-state index in [0.717, 1.165) is 42.8 Å². The summed E-state index contributed by atoms with van der Waals surface area (Å²) in [5.41, 5.74) is 1.75. The molecule has 2 saturated carbocycles. The van der Waals surface area contributed by atoms with Gasteiger partial charge in [0.1, 0.15) is 11.5 Å². The summed E-state index contributed by atoms with van der Waals surface area (Å²) in [4.78, 5) is 34.1. The molecule has 0 atom stereocenters. The number of anilines is 1. The number of hydrogen-bond donors (Lipinski definition) is 3. The van der Waals surface area contributed by atoms with Gasteiger partial charge in [-0.05, 0) is 37.8 Å². The lowest BCUT2D eigenvalue weighted by Gasteiger charge is -2.10. The molecular weight excluding hydrogens is 489 g/mol. The van der Waals surface area contributed by atoms with E-state index in [0.29, 0.717) is 24.0 Å². The van der Waals surface area contributed by atoms with E-state index in [2.05, 4.69) is 25.8 Å². The summed E-state index contributed by atoms with van der Waals surface area (Å²) in [5.74, 6) is -1.77. The highest BCUT2D eigenvalue weighted by Crippen LogP contribution is 2.43. The van der Waals surface area contributed by atoms with E-state index in [4.69, 9.17) is 16.6 Å². The normalized spacial score (nSPS) is 14.9. The van der Waals surface area contributed by atoms with Crippen molar-refractivity contribution >= 4 is 41.6 Å². The monoisotopic (exact) mass is 508 g/mol. The Morgan fingerprint density at radius 3 is 2.47 bits per heavy atom. The maximum absolute atomic E-state index is 13.4. The first-order valence-electron chi connectivity index (χ1n) is 10.5. The van der Waals surface area contributed by atoms with Gasteiger partial charge in [-0.1, -0.05) is 11.6 Å². The number of carbonyl (C=O) groups excluding carboxylic acids is 2. The summed E-state index contributed by atoms with van der Waals surface area (Å²) >= 11 is 5.82. The average molecular weight is 509 g/mol. The molecule has 3 aromatic rings. The Morgan fingerprint density at radius 1 is 1.06 bits per heavy atom. The lowest BCUT2D eigenvalue weighted by atomic mass is 10.1. The van der Waals surface area contributed by atoms with E-state index in [-0.39, 0.29) is 41.0 Å². The smallest absolute Gasteiger partial charge is 0.269 e. The van der Waals surface area contributed by atoms with Crippen LogP contribution in [0.4, 0.5) is 14.6 Å². The molecule has 2 amide bonds. The number of halogens is 4. The summed E-state index contributed by atoms with van der Waals surface area (Å²) in [6, 6.07) is 2.74. The van der Waals surface area contributed by atoms with Gasteiger partial charge in [0.25, 0.3) is 11.8 Å². The van der Waals surface area contributed by atoms with E-state index in [1.807, 2.05) is 0 Å². The van der Waals surface area contributed by atoms with Gasteiger partial charge in [0.15, 0.2) is 17.5 Å². The Morgan fingerprint density at radius 2 is 1.76 bits per heavy atom. The molecule has 2 heterocycles. The third-order valence-electron chi connectivity index (χ3n) is 5.58. The molecule has 3 N–H and O–H groups in total. The lowest BCUT2D eigenvalue weighted by molar-refractivity contribution is 0.0944. The molecule has 0 saturated heterocycles. The van der Waals surface area contributed by atoms with E-state index in [9.17, 15) is 18.4 Å². The van der Waals surface area contributed by atoms with E-state index < -0.39 is 23.4 Å². The minimum atomic E-state index is -1.20. The van der Waals surface area contributed by atoms with Gasteiger partial charge >= 0.3 is 0 Å². The molecule has 2 fully saturated rings. The molecule has 12 heteroatoms. The van der Waals surface area contributed by atoms with Crippen LogP contribution >= 0.6 is 24.0 Å². The van der Waals surface area contributed by atoms with Crippen LogP contribution in [0, 0.1) is 11.6 Å². The van der Waals surface area contributed by atoms with Gasteiger partial charge in [0, 0.05) is 36.2 Å². The van der Waals surface area contributed by atoms with Gasteiger partial charge in [-0.15, -0.1) is 12.4 Å². The molecule has 34 heavy (non-hydrogen) atoms. The van der Waals surface area contributed by atoms with E-state index in [1.165, 1.54) is 6.07 Å². The first-order chi connectivity index (χ1) is 15.9. The predicted molar refractivity (Wildman–Crippen MR) is 122 cm³/mol. The van der Waals surface area contributed by atoms with Crippen LogP contribution in [0.15, 0.2) is 24.4 Å². The summed E-state index contributed by atoms with van der Waals surface area (Å²) in [5, 5.41) is 11.4. The Hall–Kier alpha value is -3.11. The van der Waals surface area contributed by atoms with Crippen LogP contribution in [-0.2, 0) is 6.54 Å². The Bertz CT molecular complexity index is 1260. The lowest BCUT2D eigenvalue weighted by Crippen LogP contribution is -2.24. The topological polar surface area (TPSA) is 113 Å². The van der Waals surface area contributed by atoms with Crippen LogP contribution in [0.3, 0.4) is 0 Å². The van der Waals surface area contributed by atoms with Crippen molar-refractivity contribution in [1.29, 1.82) is 0 Å². The van der Waals surface area contributed by atoms with Crippen LogP contribution < -0.4 is 10.6 Å². The zero-order valence-corrected chi connectivity index (χ0v) is 19.3. The zero-order valence-electron chi connectivity index (χ0n) is 17.7. The summed E-state index contributed by atoms with van der Waals surface area (Å²) in [7, 11) is 0. The number of hydrogen-bond acceptors (Lipinski definition) is 5.